The summed E-state index contributed by atoms with van der Waals surface area (Å²) in [5.41, 5.74) is -7.80. The summed E-state index contributed by atoms with van der Waals surface area (Å²) in [6.07, 6.45) is -12.3. The first-order valence-electron chi connectivity index (χ1n) is 15.1. The molecule has 1 heterocycles. The number of rotatable bonds is 8. The maximum Gasteiger partial charge on any atom is 0.430 e. The van der Waals surface area contributed by atoms with E-state index >= 15 is 0 Å². The zero-order valence-corrected chi connectivity index (χ0v) is 26.7. The molecule has 1 aliphatic carbocycles. The van der Waals surface area contributed by atoms with Gasteiger partial charge in [0, 0.05) is 50.3 Å². The maximum atomic E-state index is 14.5. The summed E-state index contributed by atoms with van der Waals surface area (Å²) < 4.78 is 161. The van der Waals surface area contributed by atoms with Crippen molar-refractivity contribution in [1.82, 2.24) is 9.80 Å². The van der Waals surface area contributed by atoms with Gasteiger partial charge in [0.15, 0.2) is 9.84 Å². The van der Waals surface area contributed by atoms with E-state index in [1.54, 1.807) is 4.90 Å². The highest BCUT2D eigenvalue weighted by molar-refractivity contribution is 7.92. The number of benzene rings is 3. The number of ether oxygens (including phenoxy) is 1. The van der Waals surface area contributed by atoms with Gasteiger partial charge >= 0.3 is 12.4 Å². The summed E-state index contributed by atoms with van der Waals surface area (Å²) in [5.74, 6) is -3.69. The van der Waals surface area contributed by atoms with E-state index in [-0.39, 0.29) is 41.7 Å². The molecular formula is C33H31F9N2O4S. The number of piperazine rings is 1. The predicted octanol–water partition coefficient (Wildman–Crippen LogP) is 7.03. The zero-order chi connectivity index (χ0) is 36.0. The molecule has 49 heavy (non-hydrogen) atoms. The van der Waals surface area contributed by atoms with Gasteiger partial charge in [0.25, 0.3) is 5.60 Å². The van der Waals surface area contributed by atoms with Crippen molar-refractivity contribution in [3.05, 3.63) is 101 Å². The summed E-state index contributed by atoms with van der Waals surface area (Å²) in [6.45, 7) is 1.27. The van der Waals surface area contributed by atoms with E-state index in [9.17, 15) is 52.7 Å². The molecule has 0 aromatic heterocycles. The zero-order valence-electron chi connectivity index (χ0n) is 25.9. The lowest BCUT2D eigenvalue weighted by Gasteiger charge is -2.39. The maximum absolute atomic E-state index is 14.5. The molecule has 1 saturated carbocycles. The quantitative estimate of drug-likeness (QED) is 0.185. The summed E-state index contributed by atoms with van der Waals surface area (Å²) in [7, 11) is -4.44. The number of hydrogen-bond donors (Lipinski definition) is 0. The van der Waals surface area contributed by atoms with Crippen LogP contribution in [0.25, 0.3) is 0 Å². The van der Waals surface area contributed by atoms with Crippen LogP contribution in [0.2, 0.25) is 0 Å². The second-order valence-corrected chi connectivity index (χ2v) is 14.4. The van der Waals surface area contributed by atoms with E-state index < -0.39 is 67.7 Å². The minimum atomic E-state index is -6.19. The summed E-state index contributed by atoms with van der Waals surface area (Å²) in [5, 5.41) is 0. The Balaban J connectivity index is 1.57. The van der Waals surface area contributed by atoms with Crippen LogP contribution in [0.3, 0.4) is 0 Å². The normalized spacial score (nSPS) is 21.3. The number of sulfone groups is 1. The number of alkyl halides is 6. The Bertz CT molecular complexity index is 1740. The van der Waals surface area contributed by atoms with E-state index in [1.165, 1.54) is 6.92 Å². The summed E-state index contributed by atoms with van der Waals surface area (Å²) in [4.78, 5) is 15.1. The van der Waals surface area contributed by atoms with Crippen molar-refractivity contribution in [3.63, 3.8) is 0 Å². The van der Waals surface area contributed by atoms with Crippen LogP contribution < -0.4 is 0 Å². The van der Waals surface area contributed by atoms with E-state index in [2.05, 4.69) is 4.74 Å². The van der Waals surface area contributed by atoms with Crippen LogP contribution >= 0.6 is 0 Å². The van der Waals surface area contributed by atoms with E-state index in [1.807, 2.05) is 4.90 Å². The van der Waals surface area contributed by atoms with E-state index in [4.69, 9.17) is 0 Å². The lowest BCUT2D eigenvalue weighted by Crippen LogP contribution is -2.56. The van der Waals surface area contributed by atoms with Gasteiger partial charge in [-0.15, -0.1) is 0 Å². The van der Waals surface area contributed by atoms with Gasteiger partial charge in [0.2, 0.25) is 5.91 Å². The Kier molecular flexibility index (Phi) is 9.91. The Morgan fingerprint density at radius 1 is 0.837 bits per heavy atom. The molecule has 16 heteroatoms. The van der Waals surface area contributed by atoms with Crippen molar-refractivity contribution in [2.45, 2.75) is 66.4 Å². The van der Waals surface area contributed by atoms with Crippen LogP contribution in [0.5, 0.6) is 0 Å². The highest BCUT2D eigenvalue weighted by Gasteiger charge is 2.73. The Labute approximate surface area is 276 Å². The number of nitrogens with zero attached hydrogens (tertiary/aromatic N) is 2. The smallest absolute Gasteiger partial charge is 0.349 e. The first-order chi connectivity index (χ1) is 22.8. The molecule has 2 fully saturated rings. The third-order valence-electron chi connectivity index (χ3n) is 9.47. The summed E-state index contributed by atoms with van der Waals surface area (Å²) >= 11 is 0. The fourth-order valence-electron chi connectivity index (χ4n) is 6.79. The van der Waals surface area contributed by atoms with E-state index in [0.717, 1.165) is 42.5 Å². The van der Waals surface area contributed by atoms with Crippen molar-refractivity contribution in [1.29, 1.82) is 0 Å². The third-order valence-corrected chi connectivity index (χ3v) is 12.0. The fraction of sp³-hybridized carbons (Fsp3) is 0.424. The van der Waals surface area contributed by atoms with Gasteiger partial charge in [0.1, 0.15) is 22.2 Å². The predicted molar refractivity (Wildman–Crippen MR) is 158 cm³/mol. The number of carbonyl (C=O) groups is 1. The molecule has 3 aromatic carbocycles. The molecule has 0 bridgehead atoms. The molecule has 1 aliphatic heterocycles. The molecule has 2 aliphatic rings. The average molecular weight is 723 g/mol. The number of halogens is 9. The molecule has 2 unspecified atom stereocenters. The minimum Gasteiger partial charge on any atom is -0.349 e. The topological polar surface area (TPSA) is 66.9 Å². The van der Waals surface area contributed by atoms with Gasteiger partial charge in [-0.05, 0) is 61.2 Å². The second-order valence-electron chi connectivity index (χ2n) is 12.1. The number of amides is 1. The monoisotopic (exact) mass is 722 g/mol. The first kappa shape index (κ1) is 36.6. The molecule has 5 rings (SSSR count). The second kappa shape index (κ2) is 13.2. The molecule has 6 nitrogen and oxygen atoms in total. The van der Waals surface area contributed by atoms with Crippen molar-refractivity contribution in [2.75, 3.05) is 26.2 Å². The number of hydrogen-bond acceptors (Lipinski definition) is 5. The largest absolute Gasteiger partial charge is 0.430 e. The molecule has 0 radical (unpaired) electrons. The molecular weight excluding hydrogens is 691 g/mol. The molecule has 1 saturated heterocycles. The standard InChI is InChI=1S/C33H31F9N2O4S/c1-21(45)43-15-17-44(18-16-43)25-13-14-30(19-25,49(46,47)26-11-9-24(34)10-12-26)22-5-7-23(8-6-22)31(32(37,38)39,33(40,41)42)48-20-27-28(35)3-2-4-29(27)36/h2-12,25H,13-20H2,1H3. The van der Waals surface area contributed by atoms with Gasteiger partial charge in [0.05, 0.1) is 11.5 Å². The highest BCUT2D eigenvalue weighted by Crippen LogP contribution is 2.55. The molecule has 3 aromatic rings. The first-order valence-corrected chi connectivity index (χ1v) is 16.6. The fourth-order valence-corrected chi connectivity index (χ4v) is 8.98. The molecule has 266 valence electrons. The van der Waals surface area contributed by atoms with Crippen LogP contribution in [-0.4, -0.2) is 68.7 Å². The summed E-state index contributed by atoms with van der Waals surface area (Å²) in [6, 6.07) is 8.33. The van der Waals surface area contributed by atoms with Crippen LogP contribution in [0.4, 0.5) is 39.5 Å². The van der Waals surface area contributed by atoms with Gasteiger partial charge < -0.3 is 9.64 Å². The molecule has 2 atom stereocenters. The van der Waals surface area contributed by atoms with Crippen LogP contribution in [0, 0.1) is 17.5 Å². The molecule has 0 spiro atoms. The van der Waals surface area contributed by atoms with Crippen molar-refractivity contribution in [2.24, 2.45) is 0 Å². The van der Waals surface area contributed by atoms with Gasteiger partial charge in [-0.1, -0.05) is 30.3 Å². The third kappa shape index (κ3) is 6.54. The van der Waals surface area contributed by atoms with Crippen LogP contribution in [0.1, 0.15) is 42.9 Å². The average Bonchev–Trinajstić information content (AvgIpc) is 3.49. The van der Waals surface area contributed by atoms with E-state index in [0.29, 0.717) is 50.4 Å². The van der Waals surface area contributed by atoms with Gasteiger partial charge in [-0.3, -0.25) is 9.69 Å². The van der Waals surface area contributed by atoms with Gasteiger partial charge in [-0.25, -0.2) is 21.6 Å². The van der Waals surface area contributed by atoms with Crippen LogP contribution in [-0.2, 0) is 36.3 Å². The molecule has 1 amide bonds. The minimum absolute atomic E-state index is 0.0730. The van der Waals surface area contributed by atoms with Crippen molar-refractivity contribution >= 4 is 15.7 Å². The lowest BCUT2D eigenvalue weighted by atomic mass is 9.88. The lowest BCUT2D eigenvalue weighted by molar-refractivity contribution is -0.392. The highest BCUT2D eigenvalue weighted by atomic mass is 32.2. The van der Waals surface area contributed by atoms with Gasteiger partial charge in [-0.2, -0.15) is 26.3 Å². The number of carbonyl (C=O) groups excluding carboxylic acids is 1. The van der Waals surface area contributed by atoms with Crippen molar-refractivity contribution < 1.29 is 57.5 Å². The molecule has 0 N–H and O–H groups in total. The van der Waals surface area contributed by atoms with Crippen LogP contribution in [0.15, 0.2) is 71.6 Å². The SMILES string of the molecule is CC(=O)N1CCN(C2CCC(c3ccc(C(OCc4c(F)cccc4F)(C(F)(F)F)C(F)(F)F)cc3)(S(=O)(=O)c3ccc(F)cc3)C2)CC1. The Hall–Kier alpha value is -3.63. The van der Waals surface area contributed by atoms with Crippen molar-refractivity contribution in [3.8, 4) is 0 Å². The Morgan fingerprint density at radius 2 is 1.39 bits per heavy atom. The Morgan fingerprint density at radius 3 is 1.90 bits per heavy atom.